The monoisotopic (exact) mass is 339 g/mol. The molecule has 1 aromatic carbocycles. The van der Waals surface area contributed by atoms with Crippen LogP contribution in [0.3, 0.4) is 0 Å². The highest BCUT2D eigenvalue weighted by Crippen LogP contribution is 2.41. The Morgan fingerprint density at radius 3 is 2.57 bits per heavy atom. The lowest BCUT2D eigenvalue weighted by molar-refractivity contribution is -0.388. The van der Waals surface area contributed by atoms with Crippen LogP contribution in [0.25, 0.3) is 0 Å². The maximum atomic E-state index is 13.1. The van der Waals surface area contributed by atoms with Crippen molar-refractivity contribution in [1.82, 2.24) is 4.31 Å². The Bertz CT molecular complexity index is 762. The number of hydrogen-bond acceptors (Lipinski definition) is 5. The van der Waals surface area contributed by atoms with Crippen LogP contribution in [0.2, 0.25) is 0 Å². The standard InChI is InChI=1S/C15H21N3O4S/c1-9-3-6-14(18(19)20)15(10(9)2)23(21,22)17-7-11-4-5-13(16)12(11)8-17/h3,6,11-13H,4-5,7-8,16H2,1-2H3. The first-order valence-electron chi connectivity index (χ1n) is 7.73. The maximum Gasteiger partial charge on any atom is 0.289 e. The van der Waals surface area contributed by atoms with Gasteiger partial charge in [-0.2, -0.15) is 4.31 Å². The van der Waals surface area contributed by atoms with E-state index in [9.17, 15) is 18.5 Å². The van der Waals surface area contributed by atoms with Crippen molar-refractivity contribution in [2.75, 3.05) is 13.1 Å². The third kappa shape index (κ3) is 2.54. The first-order chi connectivity index (χ1) is 10.7. The molecular weight excluding hydrogens is 318 g/mol. The van der Waals surface area contributed by atoms with Gasteiger partial charge < -0.3 is 5.73 Å². The molecule has 2 aliphatic rings. The van der Waals surface area contributed by atoms with E-state index in [0.29, 0.717) is 18.7 Å². The average Bonchev–Trinajstić information content (AvgIpc) is 3.04. The fourth-order valence-electron chi connectivity index (χ4n) is 3.84. The van der Waals surface area contributed by atoms with Gasteiger partial charge in [-0.05, 0) is 49.7 Å². The minimum atomic E-state index is -3.90. The van der Waals surface area contributed by atoms with Crippen molar-refractivity contribution in [1.29, 1.82) is 0 Å². The molecule has 1 aliphatic heterocycles. The summed E-state index contributed by atoms with van der Waals surface area (Å²) >= 11 is 0. The van der Waals surface area contributed by atoms with Crippen LogP contribution in [0.15, 0.2) is 17.0 Å². The molecule has 1 aliphatic carbocycles. The van der Waals surface area contributed by atoms with Crippen LogP contribution in [-0.4, -0.2) is 36.8 Å². The molecule has 0 spiro atoms. The van der Waals surface area contributed by atoms with Gasteiger partial charge in [0, 0.05) is 25.2 Å². The van der Waals surface area contributed by atoms with E-state index in [1.807, 2.05) is 0 Å². The smallest absolute Gasteiger partial charge is 0.289 e. The quantitative estimate of drug-likeness (QED) is 0.664. The molecule has 23 heavy (non-hydrogen) atoms. The number of nitro groups is 1. The zero-order valence-corrected chi connectivity index (χ0v) is 14.0. The van der Waals surface area contributed by atoms with Gasteiger partial charge in [-0.25, -0.2) is 8.42 Å². The van der Waals surface area contributed by atoms with E-state index in [1.165, 1.54) is 10.4 Å². The van der Waals surface area contributed by atoms with E-state index in [-0.39, 0.29) is 28.5 Å². The van der Waals surface area contributed by atoms with Gasteiger partial charge in [-0.1, -0.05) is 6.07 Å². The maximum absolute atomic E-state index is 13.1. The number of nitrogens with two attached hydrogens (primary N) is 1. The molecule has 1 saturated heterocycles. The van der Waals surface area contributed by atoms with Crippen LogP contribution in [0.5, 0.6) is 0 Å². The molecule has 8 heteroatoms. The number of aryl methyl sites for hydroxylation is 1. The van der Waals surface area contributed by atoms with Gasteiger partial charge in [0.1, 0.15) is 0 Å². The minimum Gasteiger partial charge on any atom is -0.327 e. The first-order valence-corrected chi connectivity index (χ1v) is 9.17. The number of rotatable bonds is 3. The number of benzene rings is 1. The molecule has 0 radical (unpaired) electrons. The summed E-state index contributed by atoms with van der Waals surface area (Å²) in [4.78, 5) is 10.5. The Kier molecular flexibility index (Phi) is 3.94. The number of nitro benzene ring substituents is 1. The normalized spacial score (nSPS) is 28.0. The summed E-state index contributed by atoms with van der Waals surface area (Å²) in [6.07, 6.45) is 1.85. The second kappa shape index (κ2) is 5.54. The van der Waals surface area contributed by atoms with E-state index in [0.717, 1.165) is 18.4 Å². The lowest BCUT2D eigenvalue weighted by Crippen LogP contribution is -2.34. The zero-order chi connectivity index (χ0) is 16.9. The first kappa shape index (κ1) is 16.4. The molecule has 3 atom stereocenters. The fourth-order valence-corrected chi connectivity index (χ4v) is 5.81. The van der Waals surface area contributed by atoms with Crippen molar-refractivity contribution in [3.8, 4) is 0 Å². The van der Waals surface area contributed by atoms with E-state index in [1.54, 1.807) is 19.9 Å². The van der Waals surface area contributed by atoms with Crippen molar-refractivity contribution in [3.63, 3.8) is 0 Å². The van der Waals surface area contributed by atoms with Gasteiger partial charge in [0.05, 0.1) is 4.92 Å². The summed E-state index contributed by atoms with van der Waals surface area (Å²) < 4.78 is 27.5. The van der Waals surface area contributed by atoms with E-state index in [4.69, 9.17) is 5.73 Å². The molecule has 3 rings (SSSR count). The number of nitrogens with zero attached hydrogens (tertiary/aromatic N) is 2. The molecule has 0 amide bonds. The van der Waals surface area contributed by atoms with Crippen molar-refractivity contribution in [2.24, 2.45) is 17.6 Å². The highest BCUT2D eigenvalue weighted by atomic mass is 32.2. The lowest BCUT2D eigenvalue weighted by atomic mass is 9.98. The van der Waals surface area contributed by atoms with Gasteiger partial charge in [0.25, 0.3) is 5.69 Å². The number of sulfonamides is 1. The SMILES string of the molecule is Cc1ccc([N+](=O)[O-])c(S(=O)(=O)N2CC3CCC(N)C3C2)c1C. The summed E-state index contributed by atoms with van der Waals surface area (Å²) in [5.74, 6) is 0.429. The van der Waals surface area contributed by atoms with Crippen LogP contribution in [0.1, 0.15) is 24.0 Å². The van der Waals surface area contributed by atoms with E-state index >= 15 is 0 Å². The molecule has 1 heterocycles. The Hall–Kier alpha value is -1.51. The molecule has 0 bridgehead atoms. The fraction of sp³-hybridized carbons (Fsp3) is 0.600. The van der Waals surface area contributed by atoms with Crippen LogP contribution >= 0.6 is 0 Å². The summed E-state index contributed by atoms with van der Waals surface area (Å²) in [6, 6.07) is 2.88. The molecule has 1 aromatic rings. The molecule has 2 N–H and O–H groups in total. The van der Waals surface area contributed by atoms with E-state index < -0.39 is 14.9 Å². The third-order valence-corrected chi connectivity index (χ3v) is 7.34. The van der Waals surface area contributed by atoms with Gasteiger partial charge in [-0.3, -0.25) is 10.1 Å². The van der Waals surface area contributed by atoms with Crippen molar-refractivity contribution < 1.29 is 13.3 Å². The highest BCUT2D eigenvalue weighted by molar-refractivity contribution is 7.89. The second-order valence-corrected chi connectivity index (χ2v) is 8.47. The Balaban J connectivity index is 2.04. The largest absolute Gasteiger partial charge is 0.327 e. The Labute approximate surface area is 135 Å². The van der Waals surface area contributed by atoms with Crippen molar-refractivity contribution >= 4 is 15.7 Å². The summed E-state index contributed by atoms with van der Waals surface area (Å²) in [7, 11) is -3.90. The van der Waals surface area contributed by atoms with Crippen LogP contribution in [-0.2, 0) is 10.0 Å². The molecule has 126 valence electrons. The molecule has 2 fully saturated rings. The predicted molar refractivity (Wildman–Crippen MR) is 85.5 cm³/mol. The molecule has 0 aromatic heterocycles. The average molecular weight is 339 g/mol. The van der Waals surface area contributed by atoms with Gasteiger partial charge in [0.15, 0.2) is 4.90 Å². The Morgan fingerprint density at radius 1 is 1.26 bits per heavy atom. The van der Waals surface area contributed by atoms with Crippen LogP contribution in [0, 0.1) is 35.8 Å². The summed E-state index contributed by atoms with van der Waals surface area (Å²) in [5.41, 5.74) is 6.89. The van der Waals surface area contributed by atoms with E-state index in [2.05, 4.69) is 0 Å². The minimum absolute atomic E-state index is 0.0220. The highest BCUT2D eigenvalue weighted by Gasteiger charge is 2.46. The summed E-state index contributed by atoms with van der Waals surface area (Å²) in [5, 5.41) is 11.3. The van der Waals surface area contributed by atoms with Gasteiger partial charge in [-0.15, -0.1) is 0 Å². The topological polar surface area (TPSA) is 107 Å². The lowest BCUT2D eigenvalue weighted by Gasteiger charge is -2.20. The number of hydrogen-bond donors (Lipinski definition) is 1. The van der Waals surface area contributed by atoms with Gasteiger partial charge in [0.2, 0.25) is 10.0 Å². The number of fused-ring (bicyclic) bond motifs is 1. The zero-order valence-electron chi connectivity index (χ0n) is 13.2. The Morgan fingerprint density at radius 2 is 1.96 bits per heavy atom. The van der Waals surface area contributed by atoms with Crippen molar-refractivity contribution in [3.05, 3.63) is 33.4 Å². The van der Waals surface area contributed by atoms with Crippen LogP contribution < -0.4 is 5.73 Å². The molecular formula is C15H21N3O4S. The van der Waals surface area contributed by atoms with Crippen LogP contribution in [0.4, 0.5) is 5.69 Å². The van der Waals surface area contributed by atoms with Crippen molar-refractivity contribution in [2.45, 2.75) is 37.6 Å². The molecule has 3 unspecified atom stereocenters. The summed E-state index contributed by atoms with van der Waals surface area (Å²) in [6.45, 7) is 4.15. The molecule has 7 nitrogen and oxygen atoms in total. The molecule has 1 saturated carbocycles. The second-order valence-electron chi connectivity index (χ2n) is 6.60. The third-order valence-electron chi connectivity index (χ3n) is 5.33. The van der Waals surface area contributed by atoms with Gasteiger partial charge >= 0.3 is 0 Å². The predicted octanol–water partition coefficient (Wildman–Crippen LogP) is 1.57.